The predicted molar refractivity (Wildman–Crippen MR) is 98.7 cm³/mol. The van der Waals surface area contributed by atoms with Crippen molar-refractivity contribution in [3.05, 3.63) is 66.0 Å². The zero-order valence-corrected chi connectivity index (χ0v) is 14.7. The third kappa shape index (κ3) is 3.34. The molecule has 4 rings (SSSR count). The van der Waals surface area contributed by atoms with Gasteiger partial charge in [0, 0.05) is 37.1 Å². The fourth-order valence-electron chi connectivity index (χ4n) is 4.21. The monoisotopic (exact) mass is 349 g/mol. The van der Waals surface area contributed by atoms with Gasteiger partial charge in [0.15, 0.2) is 0 Å². The number of likely N-dealkylation sites (tertiary alicyclic amines) is 1. The molecule has 2 aromatic rings. The van der Waals surface area contributed by atoms with Crippen LogP contribution in [0.4, 0.5) is 0 Å². The number of hydrogen-bond donors (Lipinski definition) is 1. The Balaban J connectivity index is 1.27. The number of rotatable bonds is 3. The van der Waals surface area contributed by atoms with E-state index in [1.54, 1.807) is 24.5 Å². The largest absolute Gasteiger partial charge is 0.349 e. The van der Waals surface area contributed by atoms with Gasteiger partial charge in [-0.15, -0.1) is 0 Å². The normalized spacial score (nSPS) is 19.0. The molecule has 0 atom stereocenters. The van der Waals surface area contributed by atoms with Crippen LogP contribution in [0.3, 0.4) is 0 Å². The summed E-state index contributed by atoms with van der Waals surface area (Å²) in [5.41, 5.74) is 1.66. The average molecular weight is 349 g/mol. The standard InChI is InChI=1S/C21H23N3O2/c25-19(17-7-4-10-22-15-17)23-18-13-21(14-18)8-11-24(12-9-21)20(26)16-5-2-1-3-6-16/h1-7,10,15,18H,8-9,11-14H2,(H,23,25). The molecule has 1 aliphatic carbocycles. The van der Waals surface area contributed by atoms with Crippen LogP contribution in [0.1, 0.15) is 46.4 Å². The van der Waals surface area contributed by atoms with Gasteiger partial charge in [0.2, 0.25) is 0 Å². The molecular formula is C21H23N3O2. The van der Waals surface area contributed by atoms with E-state index >= 15 is 0 Å². The van der Waals surface area contributed by atoms with E-state index in [1.807, 2.05) is 35.2 Å². The molecule has 26 heavy (non-hydrogen) atoms. The van der Waals surface area contributed by atoms with Crippen LogP contribution < -0.4 is 5.32 Å². The molecule has 1 aromatic carbocycles. The van der Waals surface area contributed by atoms with Gasteiger partial charge in [-0.2, -0.15) is 0 Å². The highest BCUT2D eigenvalue weighted by molar-refractivity contribution is 5.94. The van der Waals surface area contributed by atoms with Crippen LogP contribution in [0.5, 0.6) is 0 Å². The first-order valence-electron chi connectivity index (χ1n) is 9.20. The Morgan fingerprint density at radius 2 is 1.69 bits per heavy atom. The molecule has 1 spiro atoms. The van der Waals surface area contributed by atoms with E-state index in [0.717, 1.165) is 44.3 Å². The minimum absolute atomic E-state index is 0.0466. The second kappa shape index (κ2) is 6.90. The summed E-state index contributed by atoms with van der Waals surface area (Å²) in [4.78, 5) is 30.7. The molecule has 2 aliphatic rings. The van der Waals surface area contributed by atoms with Crippen molar-refractivity contribution in [2.24, 2.45) is 5.41 Å². The summed E-state index contributed by atoms with van der Waals surface area (Å²) in [6.07, 6.45) is 7.31. The number of hydrogen-bond acceptors (Lipinski definition) is 3. The fourth-order valence-corrected chi connectivity index (χ4v) is 4.21. The molecule has 1 aliphatic heterocycles. The van der Waals surface area contributed by atoms with Crippen molar-refractivity contribution >= 4 is 11.8 Å². The first kappa shape index (κ1) is 16.8. The smallest absolute Gasteiger partial charge is 0.253 e. The number of aromatic nitrogens is 1. The van der Waals surface area contributed by atoms with Crippen LogP contribution in [0.2, 0.25) is 0 Å². The molecule has 1 N–H and O–H groups in total. The van der Waals surface area contributed by atoms with E-state index in [1.165, 1.54) is 0 Å². The van der Waals surface area contributed by atoms with Gasteiger partial charge in [0.25, 0.3) is 11.8 Å². The highest BCUT2D eigenvalue weighted by Gasteiger charge is 2.46. The molecule has 0 bridgehead atoms. The maximum atomic E-state index is 12.5. The van der Waals surface area contributed by atoms with E-state index in [0.29, 0.717) is 11.0 Å². The Labute approximate surface area is 153 Å². The van der Waals surface area contributed by atoms with Crippen molar-refractivity contribution in [3.63, 3.8) is 0 Å². The lowest BCUT2D eigenvalue weighted by atomic mass is 9.60. The van der Waals surface area contributed by atoms with Crippen LogP contribution in [0.15, 0.2) is 54.9 Å². The molecule has 0 radical (unpaired) electrons. The maximum Gasteiger partial charge on any atom is 0.253 e. The second-order valence-corrected chi connectivity index (χ2v) is 7.48. The third-order valence-corrected chi connectivity index (χ3v) is 5.75. The summed E-state index contributed by atoms with van der Waals surface area (Å²) >= 11 is 0. The van der Waals surface area contributed by atoms with Crippen molar-refractivity contribution in [1.29, 1.82) is 0 Å². The number of nitrogens with one attached hydrogen (secondary N) is 1. The molecule has 2 heterocycles. The zero-order valence-electron chi connectivity index (χ0n) is 14.7. The highest BCUT2D eigenvalue weighted by Crippen LogP contribution is 2.49. The van der Waals surface area contributed by atoms with E-state index in [4.69, 9.17) is 0 Å². The first-order valence-corrected chi connectivity index (χ1v) is 9.20. The minimum atomic E-state index is -0.0466. The topological polar surface area (TPSA) is 62.3 Å². The van der Waals surface area contributed by atoms with Crippen LogP contribution >= 0.6 is 0 Å². The van der Waals surface area contributed by atoms with E-state index in [9.17, 15) is 9.59 Å². The van der Waals surface area contributed by atoms with Crippen molar-refractivity contribution < 1.29 is 9.59 Å². The van der Waals surface area contributed by atoms with Crippen molar-refractivity contribution in [1.82, 2.24) is 15.2 Å². The van der Waals surface area contributed by atoms with Gasteiger partial charge in [0.05, 0.1) is 5.56 Å². The molecule has 1 saturated heterocycles. The minimum Gasteiger partial charge on any atom is -0.349 e. The van der Waals surface area contributed by atoms with Crippen LogP contribution in [-0.4, -0.2) is 40.8 Å². The Bertz CT molecular complexity index is 768. The zero-order chi connectivity index (χ0) is 18.0. The fraction of sp³-hybridized carbons (Fsp3) is 0.381. The maximum absolute atomic E-state index is 12.5. The predicted octanol–water partition coefficient (Wildman–Crippen LogP) is 2.90. The number of nitrogens with zero attached hydrogens (tertiary/aromatic N) is 2. The second-order valence-electron chi connectivity index (χ2n) is 7.48. The SMILES string of the molecule is O=C(NC1CC2(CCN(C(=O)c3ccccc3)CC2)C1)c1cccnc1. The molecule has 134 valence electrons. The van der Waals surface area contributed by atoms with E-state index in [-0.39, 0.29) is 17.9 Å². The molecule has 2 amide bonds. The Morgan fingerprint density at radius 1 is 1.00 bits per heavy atom. The summed E-state index contributed by atoms with van der Waals surface area (Å²) in [5.74, 6) is 0.0795. The Kier molecular flexibility index (Phi) is 4.45. The summed E-state index contributed by atoms with van der Waals surface area (Å²) < 4.78 is 0. The van der Waals surface area contributed by atoms with Gasteiger partial charge in [-0.1, -0.05) is 18.2 Å². The van der Waals surface area contributed by atoms with E-state index < -0.39 is 0 Å². The van der Waals surface area contributed by atoms with Crippen LogP contribution in [-0.2, 0) is 0 Å². The quantitative estimate of drug-likeness (QED) is 0.927. The van der Waals surface area contributed by atoms with Crippen molar-refractivity contribution in [2.45, 2.75) is 31.7 Å². The van der Waals surface area contributed by atoms with E-state index in [2.05, 4.69) is 10.3 Å². The number of carbonyl (C=O) groups is 2. The molecule has 5 nitrogen and oxygen atoms in total. The summed E-state index contributed by atoms with van der Waals surface area (Å²) in [6.45, 7) is 1.61. The van der Waals surface area contributed by atoms with Crippen molar-refractivity contribution in [3.8, 4) is 0 Å². The van der Waals surface area contributed by atoms with Gasteiger partial charge in [-0.3, -0.25) is 14.6 Å². The number of pyridine rings is 1. The highest BCUT2D eigenvalue weighted by atomic mass is 16.2. The van der Waals surface area contributed by atoms with Crippen molar-refractivity contribution in [2.75, 3.05) is 13.1 Å². The number of piperidine rings is 1. The summed E-state index contributed by atoms with van der Waals surface area (Å²) in [6, 6.07) is 13.3. The van der Waals surface area contributed by atoms with Gasteiger partial charge >= 0.3 is 0 Å². The molecule has 0 unspecified atom stereocenters. The van der Waals surface area contributed by atoms with Crippen LogP contribution in [0.25, 0.3) is 0 Å². The lowest BCUT2D eigenvalue weighted by Crippen LogP contribution is -2.55. The summed E-state index contributed by atoms with van der Waals surface area (Å²) in [5, 5.41) is 3.10. The summed E-state index contributed by atoms with van der Waals surface area (Å²) in [7, 11) is 0. The van der Waals surface area contributed by atoms with Gasteiger partial charge in [-0.05, 0) is 55.4 Å². The number of carbonyl (C=O) groups excluding carboxylic acids is 2. The lowest BCUT2D eigenvalue weighted by molar-refractivity contribution is 0.00863. The molecule has 1 saturated carbocycles. The lowest BCUT2D eigenvalue weighted by Gasteiger charge is -2.52. The van der Waals surface area contributed by atoms with Gasteiger partial charge < -0.3 is 10.2 Å². The van der Waals surface area contributed by atoms with Gasteiger partial charge in [-0.25, -0.2) is 0 Å². The number of benzene rings is 1. The number of amides is 2. The Hall–Kier alpha value is -2.69. The van der Waals surface area contributed by atoms with Crippen LogP contribution in [0, 0.1) is 5.41 Å². The molecule has 5 heteroatoms. The molecule has 1 aromatic heterocycles. The Morgan fingerprint density at radius 3 is 2.35 bits per heavy atom. The first-order chi connectivity index (χ1) is 12.7. The third-order valence-electron chi connectivity index (χ3n) is 5.75. The molecule has 2 fully saturated rings. The average Bonchev–Trinajstić information content (AvgIpc) is 2.68. The van der Waals surface area contributed by atoms with Gasteiger partial charge in [0.1, 0.15) is 0 Å². The molecular weight excluding hydrogens is 326 g/mol.